The molecule has 372 valence electrons. The quantitative estimate of drug-likeness (QED) is 0.0351. The third kappa shape index (κ3) is 9.79. The summed E-state index contributed by atoms with van der Waals surface area (Å²) < 4.78 is 36.7. The zero-order valence-electron chi connectivity index (χ0n) is 35.1. The van der Waals surface area contributed by atoms with Crippen LogP contribution in [0.25, 0.3) is 0 Å². The first-order chi connectivity index (χ1) is 32.8. The fourth-order valence-corrected chi connectivity index (χ4v) is 7.11. The van der Waals surface area contributed by atoms with Crippen LogP contribution < -0.4 is 4.74 Å². The number of aliphatic hydroxyl groups excluding tert-OH is 2. The average Bonchev–Trinajstić information content (AvgIpc) is 3.30. The molecule has 0 spiro atoms. The van der Waals surface area contributed by atoms with Gasteiger partial charge in [-0.1, -0.05) is 0 Å². The lowest BCUT2D eigenvalue weighted by molar-refractivity contribution is -0.283. The van der Waals surface area contributed by atoms with Gasteiger partial charge in [-0.15, -0.1) is 0 Å². The number of carboxylic acid groups (broad SMARTS) is 1. The molecule has 8 atom stereocenters. The number of carbonyl (C=O) groups excluding carboxylic acids is 6. The molecule has 0 saturated carbocycles. The first kappa shape index (κ1) is 50.3. The van der Waals surface area contributed by atoms with Gasteiger partial charge in [0, 0.05) is 11.5 Å². The van der Waals surface area contributed by atoms with Crippen LogP contribution >= 0.6 is 0 Å². The van der Waals surface area contributed by atoms with Crippen LogP contribution in [0.15, 0.2) is 42.5 Å². The van der Waals surface area contributed by atoms with Crippen molar-refractivity contribution in [3.63, 3.8) is 0 Å². The minimum absolute atomic E-state index is 0.375. The minimum Gasteiger partial charge on any atom is -0.504 e. The minimum atomic E-state index is -2.63. The monoisotopic (exact) mass is 988 g/mol. The number of carboxylic acids is 1. The predicted octanol–water partition coefficient (Wildman–Crippen LogP) is -0.374. The van der Waals surface area contributed by atoms with Crippen molar-refractivity contribution >= 4 is 41.8 Å². The summed E-state index contributed by atoms with van der Waals surface area (Å²) in [5.41, 5.74) is -4.34. The van der Waals surface area contributed by atoms with E-state index in [1.165, 1.54) is 0 Å². The second-order valence-corrected chi connectivity index (χ2v) is 15.0. The highest BCUT2D eigenvalue weighted by Gasteiger charge is 2.54. The largest absolute Gasteiger partial charge is 0.504 e. The first-order valence-corrected chi connectivity index (χ1v) is 19.5. The standard InChI is InChI=1S/C42H36O28/c1-64-24(50)9-14(36(57)58)25-26-15(8-22(49)30(54)33(26)67-41(63)32(25)56)40(62)69-35-34(68-38(60)12-4-18(45)28(52)19(46)5-12)31(55)23(10-65-37(59)11-2-16(43)27(51)17(44)3-11)66-42(35)70-39(61)13-6-20(47)29(53)21(48)7-13/h2-8,14,23,25,31-32,34-35,42-49,51-56H,9-10H2,1H3,(H,57,58)/t14-,23+,25-,31+,32-,34-,35+,42-/m0/s1. The van der Waals surface area contributed by atoms with Crippen LogP contribution in [-0.4, -0.2) is 164 Å². The molecule has 2 aliphatic heterocycles. The number of methoxy groups -OCH3 is 1. The van der Waals surface area contributed by atoms with E-state index in [9.17, 15) is 105 Å². The van der Waals surface area contributed by atoms with Crippen molar-refractivity contribution in [1.82, 2.24) is 0 Å². The zero-order valence-corrected chi connectivity index (χ0v) is 35.1. The van der Waals surface area contributed by atoms with Crippen molar-refractivity contribution in [1.29, 1.82) is 0 Å². The number of aromatic hydroxyl groups is 11. The van der Waals surface area contributed by atoms with Crippen LogP contribution in [0.2, 0.25) is 0 Å². The van der Waals surface area contributed by atoms with Gasteiger partial charge in [-0.2, -0.15) is 0 Å². The van der Waals surface area contributed by atoms with Crippen molar-refractivity contribution in [3.8, 4) is 69.0 Å². The summed E-state index contributed by atoms with van der Waals surface area (Å²) in [6, 6.07) is 3.75. The molecule has 0 aromatic heterocycles. The van der Waals surface area contributed by atoms with Crippen LogP contribution in [-0.2, 0) is 42.8 Å². The Balaban J connectivity index is 1.49. The van der Waals surface area contributed by atoms with Crippen LogP contribution in [0.3, 0.4) is 0 Å². The fraction of sp³-hybridized carbons (Fsp3) is 0.262. The molecule has 14 N–H and O–H groups in total. The van der Waals surface area contributed by atoms with E-state index in [-0.39, 0.29) is 0 Å². The predicted molar refractivity (Wildman–Crippen MR) is 215 cm³/mol. The third-order valence-electron chi connectivity index (χ3n) is 10.6. The number of benzene rings is 4. The van der Waals surface area contributed by atoms with Gasteiger partial charge in [-0.3, -0.25) is 9.59 Å². The van der Waals surface area contributed by atoms with Crippen LogP contribution in [0, 0.1) is 5.92 Å². The van der Waals surface area contributed by atoms with Gasteiger partial charge in [0.1, 0.15) is 18.8 Å². The van der Waals surface area contributed by atoms with Crippen LogP contribution in [0.4, 0.5) is 0 Å². The van der Waals surface area contributed by atoms with Gasteiger partial charge in [0.05, 0.1) is 41.7 Å². The summed E-state index contributed by atoms with van der Waals surface area (Å²) in [5, 5.41) is 144. The Kier molecular flexibility index (Phi) is 14.1. The van der Waals surface area contributed by atoms with Crippen molar-refractivity contribution in [2.24, 2.45) is 5.92 Å². The molecule has 0 radical (unpaired) electrons. The molecule has 0 amide bonds. The molecule has 70 heavy (non-hydrogen) atoms. The highest BCUT2D eigenvalue weighted by Crippen LogP contribution is 2.51. The number of aliphatic carboxylic acids is 1. The normalized spacial score (nSPS) is 21.0. The number of hydrogen-bond donors (Lipinski definition) is 14. The Morgan fingerprint density at radius 1 is 0.600 bits per heavy atom. The summed E-state index contributed by atoms with van der Waals surface area (Å²) in [6.45, 7) is -1.20. The van der Waals surface area contributed by atoms with Crippen molar-refractivity contribution in [2.75, 3.05) is 13.7 Å². The highest BCUT2D eigenvalue weighted by molar-refractivity contribution is 5.98. The maximum Gasteiger partial charge on any atom is 0.341 e. The molecule has 2 heterocycles. The number of carbonyl (C=O) groups is 7. The molecule has 28 nitrogen and oxygen atoms in total. The highest BCUT2D eigenvalue weighted by atomic mass is 16.7. The molecular weight excluding hydrogens is 952 g/mol. The van der Waals surface area contributed by atoms with E-state index in [0.29, 0.717) is 42.5 Å². The van der Waals surface area contributed by atoms with Gasteiger partial charge in [-0.25, -0.2) is 24.0 Å². The average molecular weight is 989 g/mol. The third-order valence-corrected chi connectivity index (χ3v) is 10.6. The molecule has 4 aromatic rings. The molecule has 2 aliphatic rings. The Morgan fingerprint density at radius 3 is 1.51 bits per heavy atom. The molecule has 4 aromatic carbocycles. The molecular formula is C42H36O28. The Morgan fingerprint density at radius 2 is 1.04 bits per heavy atom. The summed E-state index contributed by atoms with van der Waals surface area (Å²) in [5.74, 6) is -29.5. The van der Waals surface area contributed by atoms with Crippen molar-refractivity contribution in [3.05, 3.63) is 70.3 Å². The molecule has 28 heteroatoms. The molecule has 1 fully saturated rings. The maximum atomic E-state index is 14.5. The Bertz CT molecular complexity index is 2750. The van der Waals surface area contributed by atoms with Crippen LogP contribution in [0.5, 0.6) is 69.0 Å². The van der Waals surface area contributed by atoms with Gasteiger partial charge in [0.2, 0.25) is 18.1 Å². The molecule has 0 aliphatic carbocycles. The summed E-state index contributed by atoms with van der Waals surface area (Å²) in [6.07, 6.45) is -16.1. The lowest BCUT2D eigenvalue weighted by atomic mass is 9.76. The van der Waals surface area contributed by atoms with Crippen molar-refractivity contribution < 1.29 is 138 Å². The zero-order chi connectivity index (χ0) is 51.8. The van der Waals surface area contributed by atoms with E-state index in [0.717, 1.165) is 7.11 Å². The second kappa shape index (κ2) is 19.6. The number of fused-ring (bicyclic) bond motifs is 1. The van der Waals surface area contributed by atoms with Gasteiger partial charge < -0.3 is 105 Å². The number of phenolic OH excluding ortho intramolecular Hbond substituents is 11. The summed E-state index contributed by atoms with van der Waals surface area (Å²) >= 11 is 0. The first-order valence-electron chi connectivity index (χ1n) is 19.5. The smallest absolute Gasteiger partial charge is 0.341 e. The second-order valence-electron chi connectivity index (χ2n) is 15.0. The topological polar surface area (TPSA) is 467 Å². The number of ether oxygens (including phenoxy) is 7. The summed E-state index contributed by atoms with van der Waals surface area (Å²) in [7, 11) is 0.850. The summed E-state index contributed by atoms with van der Waals surface area (Å²) in [4.78, 5) is 92.8. The Labute approximate surface area is 387 Å². The van der Waals surface area contributed by atoms with E-state index in [2.05, 4.69) is 4.74 Å². The molecule has 0 unspecified atom stereocenters. The van der Waals surface area contributed by atoms with Gasteiger partial charge >= 0.3 is 41.8 Å². The van der Waals surface area contributed by atoms with Gasteiger partial charge in [-0.05, 0) is 42.5 Å². The van der Waals surface area contributed by atoms with E-state index in [1.54, 1.807) is 0 Å². The number of phenols is 11. The Hall–Kier alpha value is -9.15. The number of aliphatic hydroxyl groups is 2. The van der Waals surface area contributed by atoms with Gasteiger partial charge in [0.15, 0.2) is 75.5 Å². The number of hydrogen-bond acceptors (Lipinski definition) is 27. The lowest BCUT2D eigenvalue weighted by Crippen LogP contribution is -2.62. The molecule has 6 rings (SSSR count). The van der Waals surface area contributed by atoms with E-state index < -0.39 is 200 Å². The maximum absolute atomic E-state index is 14.5. The van der Waals surface area contributed by atoms with Gasteiger partial charge in [0.25, 0.3) is 0 Å². The van der Waals surface area contributed by atoms with E-state index in [4.69, 9.17) is 28.4 Å². The molecule has 1 saturated heterocycles. The number of esters is 6. The SMILES string of the molecule is COC(=O)C[C@H](C(=O)O)[C@H]1c2c(C(=O)O[C@H]3[C@H](OC(=O)c4cc(O)c(O)c(O)c4)O[C@H](COC(=O)c4cc(O)c(O)c(O)c4)[C@@H](O)[C@@H]3OC(=O)c3cc(O)c(O)c(O)c3)cc(O)c(O)c2OC(=O)[C@H]1O. The van der Waals surface area contributed by atoms with E-state index >= 15 is 0 Å². The number of rotatable bonds is 13. The van der Waals surface area contributed by atoms with Crippen LogP contribution in [0.1, 0.15) is 59.3 Å². The van der Waals surface area contributed by atoms with E-state index in [1.807, 2.05) is 0 Å². The fourth-order valence-electron chi connectivity index (χ4n) is 7.11. The molecule has 0 bridgehead atoms. The van der Waals surface area contributed by atoms with Crippen molar-refractivity contribution in [2.45, 2.75) is 49.1 Å². The lowest BCUT2D eigenvalue weighted by Gasteiger charge is -2.42.